The number of aromatic nitrogens is 2. The van der Waals surface area contributed by atoms with Crippen LogP contribution in [0.3, 0.4) is 0 Å². The second kappa shape index (κ2) is 5.42. The van der Waals surface area contributed by atoms with Gasteiger partial charge in [-0.3, -0.25) is 9.48 Å². The van der Waals surface area contributed by atoms with Crippen LogP contribution in [0.2, 0.25) is 0 Å². The molecule has 5 nitrogen and oxygen atoms in total. The number of anilines is 1. The van der Waals surface area contributed by atoms with Crippen LogP contribution in [0.5, 0.6) is 0 Å². The van der Waals surface area contributed by atoms with Crippen LogP contribution in [-0.4, -0.2) is 27.8 Å². The van der Waals surface area contributed by atoms with Gasteiger partial charge < -0.3 is 10.6 Å². The van der Waals surface area contributed by atoms with E-state index in [9.17, 15) is 4.79 Å². The fraction of sp³-hybridized carbons (Fsp3) is 0.692. The molecule has 0 radical (unpaired) electrons. The summed E-state index contributed by atoms with van der Waals surface area (Å²) in [5, 5.41) is 10.6. The number of amides is 1. The summed E-state index contributed by atoms with van der Waals surface area (Å²) in [4.78, 5) is 12.0. The molecule has 100 valence electrons. The second-order valence-electron chi connectivity index (χ2n) is 5.16. The van der Waals surface area contributed by atoms with E-state index in [-0.39, 0.29) is 11.9 Å². The Labute approximate surface area is 108 Å². The van der Waals surface area contributed by atoms with E-state index in [4.69, 9.17) is 0 Å². The Morgan fingerprint density at radius 3 is 2.72 bits per heavy atom. The zero-order valence-corrected chi connectivity index (χ0v) is 11.4. The van der Waals surface area contributed by atoms with E-state index in [1.165, 1.54) is 12.8 Å². The number of carbonyl (C=O) groups excluding carboxylic acids is 1. The van der Waals surface area contributed by atoms with E-state index in [2.05, 4.69) is 15.7 Å². The van der Waals surface area contributed by atoms with Gasteiger partial charge in [0, 0.05) is 19.3 Å². The van der Waals surface area contributed by atoms with Crippen molar-refractivity contribution in [3.05, 3.63) is 11.9 Å². The molecular weight excluding hydrogens is 228 g/mol. The molecule has 18 heavy (non-hydrogen) atoms. The van der Waals surface area contributed by atoms with Gasteiger partial charge in [0.05, 0.1) is 11.4 Å². The van der Waals surface area contributed by atoms with Crippen molar-refractivity contribution in [2.24, 2.45) is 7.05 Å². The minimum atomic E-state index is -0.228. The number of hydrogen-bond acceptors (Lipinski definition) is 3. The van der Waals surface area contributed by atoms with Crippen LogP contribution in [0.4, 0.5) is 5.69 Å². The summed E-state index contributed by atoms with van der Waals surface area (Å²) >= 11 is 0. The van der Waals surface area contributed by atoms with Crippen LogP contribution in [0.1, 0.15) is 38.3 Å². The average Bonchev–Trinajstić information content (AvgIpc) is 2.89. The first-order valence-electron chi connectivity index (χ1n) is 6.63. The van der Waals surface area contributed by atoms with E-state index in [0.717, 1.165) is 24.2 Å². The third-order valence-electron chi connectivity index (χ3n) is 3.48. The maximum atomic E-state index is 12.0. The van der Waals surface area contributed by atoms with Gasteiger partial charge in [0.2, 0.25) is 5.91 Å². The number of carbonyl (C=O) groups is 1. The van der Waals surface area contributed by atoms with Crippen molar-refractivity contribution >= 4 is 11.6 Å². The average molecular weight is 250 g/mol. The minimum absolute atomic E-state index is 0.0742. The molecule has 1 amide bonds. The lowest BCUT2D eigenvalue weighted by Gasteiger charge is -2.18. The van der Waals surface area contributed by atoms with E-state index < -0.39 is 0 Å². The monoisotopic (exact) mass is 250 g/mol. The van der Waals surface area contributed by atoms with Gasteiger partial charge in [0.15, 0.2) is 0 Å². The molecule has 0 aromatic carbocycles. The second-order valence-corrected chi connectivity index (χ2v) is 5.16. The van der Waals surface area contributed by atoms with Crippen molar-refractivity contribution in [1.82, 2.24) is 15.1 Å². The van der Waals surface area contributed by atoms with E-state index in [0.29, 0.717) is 6.04 Å². The highest BCUT2D eigenvalue weighted by Crippen LogP contribution is 2.18. The first kappa shape index (κ1) is 12.9. The molecular formula is C13H22N4O. The van der Waals surface area contributed by atoms with E-state index in [1.54, 1.807) is 4.68 Å². The summed E-state index contributed by atoms with van der Waals surface area (Å²) in [6.07, 6.45) is 6.59. The zero-order valence-electron chi connectivity index (χ0n) is 11.4. The van der Waals surface area contributed by atoms with Crippen LogP contribution < -0.4 is 10.6 Å². The lowest BCUT2D eigenvalue weighted by atomic mass is 10.2. The number of nitrogens with one attached hydrogen (secondary N) is 2. The van der Waals surface area contributed by atoms with Gasteiger partial charge in [0.1, 0.15) is 6.04 Å². The van der Waals surface area contributed by atoms with Crippen molar-refractivity contribution in [1.29, 1.82) is 0 Å². The molecule has 2 N–H and O–H groups in total. The number of rotatable bonds is 4. The molecule has 1 aromatic rings. The van der Waals surface area contributed by atoms with E-state index in [1.807, 2.05) is 27.1 Å². The molecule has 1 aliphatic carbocycles. The third-order valence-corrected chi connectivity index (χ3v) is 3.48. The minimum Gasteiger partial charge on any atom is -0.371 e. The Morgan fingerprint density at radius 2 is 2.17 bits per heavy atom. The van der Waals surface area contributed by atoms with Crippen molar-refractivity contribution in [2.75, 3.05) is 5.32 Å². The van der Waals surface area contributed by atoms with Gasteiger partial charge >= 0.3 is 0 Å². The largest absolute Gasteiger partial charge is 0.371 e. The van der Waals surface area contributed by atoms with Gasteiger partial charge in [-0.15, -0.1) is 0 Å². The van der Waals surface area contributed by atoms with Gasteiger partial charge in [-0.25, -0.2) is 0 Å². The first-order valence-corrected chi connectivity index (χ1v) is 6.63. The zero-order chi connectivity index (χ0) is 13.1. The van der Waals surface area contributed by atoms with Crippen molar-refractivity contribution in [3.8, 4) is 0 Å². The molecule has 0 spiro atoms. The Balaban J connectivity index is 1.88. The number of aryl methyl sites for hydroxylation is 2. The van der Waals surface area contributed by atoms with Crippen LogP contribution >= 0.6 is 0 Å². The van der Waals surface area contributed by atoms with Gasteiger partial charge in [-0.05, 0) is 26.7 Å². The topological polar surface area (TPSA) is 59.0 Å². The number of hydrogen-bond donors (Lipinski definition) is 2. The summed E-state index contributed by atoms with van der Waals surface area (Å²) in [6, 6.07) is 0.144. The Morgan fingerprint density at radius 1 is 1.50 bits per heavy atom. The lowest BCUT2D eigenvalue weighted by molar-refractivity contribution is -0.122. The normalized spacial score (nSPS) is 17.7. The van der Waals surface area contributed by atoms with Gasteiger partial charge in [-0.2, -0.15) is 5.10 Å². The van der Waals surface area contributed by atoms with Crippen LogP contribution in [-0.2, 0) is 11.8 Å². The molecule has 1 saturated carbocycles. The van der Waals surface area contributed by atoms with Crippen molar-refractivity contribution in [3.63, 3.8) is 0 Å². The maximum absolute atomic E-state index is 12.0. The van der Waals surface area contributed by atoms with Crippen molar-refractivity contribution in [2.45, 2.75) is 51.6 Å². The molecule has 1 aliphatic rings. The molecule has 1 aromatic heterocycles. The molecule has 1 unspecified atom stereocenters. The molecule has 1 fully saturated rings. The molecule has 1 atom stereocenters. The fourth-order valence-electron chi connectivity index (χ4n) is 2.44. The van der Waals surface area contributed by atoms with Gasteiger partial charge in [-0.1, -0.05) is 12.8 Å². The van der Waals surface area contributed by atoms with Crippen molar-refractivity contribution < 1.29 is 4.79 Å². The van der Waals surface area contributed by atoms with E-state index >= 15 is 0 Å². The number of nitrogens with zero attached hydrogens (tertiary/aromatic N) is 2. The summed E-state index contributed by atoms with van der Waals surface area (Å²) in [5.74, 6) is 0.0742. The quantitative estimate of drug-likeness (QED) is 0.853. The van der Waals surface area contributed by atoms with Gasteiger partial charge in [0.25, 0.3) is 0 Å². The first-order chi connectivity index (χ1) is 8.56. The third kappa shape index (κ3) is 3.03. The lowest BCUT2D eigenvalue weighted by Crippen LogP contribution is -2.42. The maximum Gasteiger partial charge on any atom is 0.242 e. The highest BCUT2D eigenvalue weighted by atomic mass is 16.2. The predicted octanol–water partition coefficient (Wildman–Crippen LogP) is 1.59. The summed E-state index contributed by atoms with van der Waals surface area (Å²) in [6.45, 7) is 3.82. The highest BCUT2D eigenvalue weighted by Gasteiger charge is 2.21. The Hall–Kier alpha value is -1.52. The van der Waals surface area contributed by atoms with Crippen LogP contribution in [0, 0.1) is 6.92 Å². The van der Waals surface area contributed by atoms with Crippen LogP contribution in [0.15, 0.2) is 6.20 Å². The Bertz CT molecular complexity index is 421. The smallest absolute Gasteiger partial charge is 0.242 e. The molecule has 0 saturated heterocycles. The van der Waals surface area contributed by atoms with Crippen LogP contribution in [0.25, 0.3) is 0 Å². The molecule has 5 heteroatoms. The molecule has 0 aliphatic heterocycles. The fourth-order valence-corrected chi connectivity index (χ4v) is 2.44. The summed E-state index contributed by atoms with van der Waals surface area (Å²) in [5.41, 5.74) is 1.84. The molecule has 1 heterocycles. The summed E-state index contributed by atoms with van der Waals surface area (Å²) < 4.78 is 1.75. The molecule has 0 bridgehead atoms. The highest BCUT2D eigenvalue weighted by molar-refractivity contribution is 5.84. The molecule has 2 rings (SSSR count). The Kier molecular flexibility index (Phi) is 3.89. The summed E-state index contributed by atoms with van der Waals surface area (Å²) in [7, 11) is 1.88. The standard InChI is InChI=1S/C13H22N4O/c1-9-12(8-17(3)16-9)14-10(2)13(18)15-11-6-4-5-7-11/h8,10-11,14H,4-7H2,1-3H3,(H,15,18). The SMILES string of the molecule is Cc1nn(C)cc1NC(C)C(=O)NC1CCCC1. The predicted molar refractivity (Wildman–Crippen MR) is 71.4 cm³/mol.